The molecule has 0 aliphatic heterocycles. The second-order valence-corrected chi connectivity index (χ2v) is 6.67. The van der Waals surface area contributed by atoms with Crippen LogP contribution in [0.15, 0.2) is 54.9 Å². The van der Waals surface area contributed by atoms with E-state index in [0.717, 1.165) is 26.6 Å². The van der Waals surface area contributed by atoms with Crippen molar-refractivity contribution >= 4 is 23.2 Å². The van der Waals surface area contributed by atoms with E-state index < -0.39 is 0 Å². The number of hydrogen-bond donors (Lipinski definition) is 0. The van der Waals surface area contributed by atoms with E-state index in [0.29, 0.717) is 6.54 Å². The summed E-state index contributed by atoms with van der Waals surface area (Å²) in [5, 5.41) is 4.22. The van der Waals surface area contributed by atoms with E-state index in [1.807, 2.05) is 60.3 Å². The molecule has 3 rings (SSSR count). The van der Waals surface area contributed by atoms with Gasteiger partial charge in [-0.3, -0.25) is 9.48 Å². The van der Waals surface area contributed by atoms with Crippen LogP contribution >= 0.6 is 11.3 Å². The summed E-state index contributed by atoms with van der Waals surface area (Å²) in [6, 6.07) is 11.6. The highest BCUT2D eigenvalue weighted by Crippen LogP contribution is 2.22. The Morgan fingerprint density at radius 2 is 2.21 bits per heavy atom. The first-order valence-corrected chi connectivity index (χ1v) is 8.40. The molecule has 0 unspecified atom stereocenters. The van der Waals surface area contributed by atoms with E-state index >= 15 is 0 Å². The van der Waals surface area contributed by atoms with Gasteiger partial charge in [-0.15, -0.1) is 11.3 Å². The minimum atomic E-state index is 0.0255. The topological polar surface area (TPSA) is 44.1 Å². The number of aryl methyl sites for hydroxylation is 1. The Bertz CT molecular complexity index is 863. The van der Waals surface area contributed by atoms with Crippen molar-refractivity contribution in [1.29, 1.82) is 0 Å². The summed E-state index contributed by atoms with van der Waals surface area (Å²) in [7, 11) is 1.65. The first-order chi connectivity index (χ1) is 11.7. The van der Waals surface area contributed by atoms with Crippen molar-refractivity contribution in [3.8, 4) is 5.75 Å². The van der Waals surface area contributed by atoms with Gasteiger partial charge in [0.1, 0.15) is 5.75 Å². The molecule has 0 fully saturated rings. The summed E-state index contributed by atoms with van der Waals surface area (Å²) in [6.45, 7) is 2.62. The van der Waals surface area contributed by atoms with E-state index in [4.69, 9.17) is 4.74 Å². The zero-order chi connectivity index (χ0) is 16.9. The summed E-state index contributed by atoms with van der Waals surface area (Å²) < 4.78 is 7.25. The summed E-state index contributed by atoms with van der Waals surface area (Å²) in [6.07, 6.45) is 7.11. The molecule has 0 saturated heterocycles. The zero-order valence-electron chi connectivity index (χ0n) is 13.6. The van der Waals surface area contributed by atoms with Gasteiger partial charge in [0.25, 0.3) is 0 Å². The number of ether oxygens (including phenoxy) is 1. The van der Waals surface area contributed by atoms with E-state index in [1.54, 1.807) is 19.4 Å². The summed E-state index contributed by atoms with van der Waals surface area (Å²) >= 11 is 1.51. The molecule has 4 nitrogen and oxygen atoms in total. The molecule has 0 N–H and O–H groups in total. The maximum atomic E-state index is 12.2. The lowest BCUT2D eigenvalue weighted by atomic mass is 10.1. The Hall–Kier alpha value is -2.66. The fourth-order valence-corrected chi connectivity index (χ4v) is 3.20. The maximum absolute atomic E-state index is 12.2. The Balaban J connectivity index is 1.80. The van der Waals surface area contributed by atoms with E-state index in [9.17, 15) is 4.79 Å². The molecule has 2 heterocycles. The monoisotopic (exact) mass is 338 g/mol. The third-order valence-electron chi connectivity index (χ3n) is 3.61. The van der Waals surface area contributed by atoms with Crippen LogP contribution in [-0.4, -0.2) is 22.7 Å². The van der Waals surface area contributed by atoms with Crippen LogP contribution in [0.2, 0.25) is 0 Å². The van der Waals surface area contributed by atoms with E-state index in [1.165, 1.54) is 11.3 Å². The minimum absolute atomic E-state index is 0.0255. The molecule has 0 atom stereocenters. The number of rotatable bonds is 6. The molecule has 5 heteroatoms. The van der Waals surface area contributed by atoms with Crippen LogP contribution in [-0.2, 0) is 6.54 Å². The predicted octanol–water partition coefficient (Wildman–Crippen LogP) is 4.21. The van der Waals surface area contributed by atoms with Gasteiger partial charge in [0.15, 0.2) is 5.78 Å². The molecule has 0 aliphatic carbocycles. The number of carbonyl (C=O) groups is 1. The van der Waals surface area contributed by atoms with Crippen LogP contribution in [0.3, 0.4) is 0 Å². The number of nitrogens with zero attached hydrogens (tertiary/aromatic N) is 2. The first kappa shape index (κ1) is 16.2. The molecular weight excluding hydrogens is 320 g/mol. The Morgan fingerprint density at radius 3 is 2.88 bits per heavy atom. The van der Waals surface area contributed by atoms with Gasteiger partial charge in [-0.25, -0.2) is 0 Å². The summed E-state index contributed by atoms with van der Waals surface area (Å²) in [5.74, 6) is 0.834. The number of aromatic nitrogens is 2. The van der Waals surface area contributed by atoms with Crippen LogP contribution in [0.5, 0.6) is 5.75 Å². The lowest BCUT2D eigenvalue weighted by molar-refractivity contribution is 0.105. The fourth-order valence-electron chi connectivity index (χ4n) is 2.42. The normalized spacial score (nSPS) is 11.1. The minimum Gasteiger partial charge on any atom is -0.496 e. The molecule has 3 aromatic rings. The number of methoxy groups -OCH3 is 1. The molecule has 122 valence electrons. The lowest BCUT2D eigenvalue weighted by Crippen LogP contribution is -2.02. The molecule has 2 aromatic heterocycles. The molecule has 0 amide bonds. The molecule has 0 aliphatic rings. The van der Waals surface area contributed by atoms with Crippen molar-refractivity contribution < 1.29 is 9.53 Å². The van der Waals surface area contributed by atoms with Crippen molar-refractivity contribution in [3.63, 3.8) is 0 Å². The van der Waals surface area contributed by atoms with Gasteiger partial charge < -0.3 is 4.74 Å². The average molecular weight is 338 g/mol. The molecular formula is C19H18N2O2S. The van der Waals surface area contributed by atoms with Gasteiger partial charge >= 0.3 is 0 Å². The molecule has 1 aromatic carbocycles. The van der Waals surface area contributed by atoms with Crippen molar-refractivity contribution in [2.24, 2.45) is 0 Å². The third-order valence-corrected chi connectivity index (χ3v) is 4.62. The zero-order valence-corrected chi connectivity index (χ0v) is 14.4. The van der Waals surface area contributed by atoms with Crippen LogP contribution in [0.1, 0.15) is 25.7 Å². The van der Waals surface area contributed by atoms with Gasteiger partial charge in [0, 0.05) is 22.8 Å². The van der Waals surface area contributed by atoms with Gasteiger partial charge in [-0.2, -0.15) is 5.10 Å². The van der Waals surface area contributed by atoms with Gasteiger partial charge in [0.2, 0.25) is 0 Å². The van der Waals surface area contributed by atoms with Crippen molar-refractivity contribution in [2.45, 2.75) is 13.5 Å². The number of benzene rings is 1. The number of carbonyl (C=O) groups excluding carboxylic acids is 1. The largest absolute Gasteiger partial charge is 0.496 e. The highest BCUT2D eigenvalue weighted by atomic mass is 32.1. The van der Waals surface area contributed by atoms with Crippen molar-refractivity contribution in [3.05, 3.63) is 75.7 Å². The highest BCUT2D eigenvalue weighted by molar-refractivity contribution is 7.14. The average Bonchev–Trinajstić information content (AvgIpc) is 3.24. The molecule has 0 radical (unpaired) electrons. The van der Waals surface area contributed by atoms with Crippen LogP contribution in [0.25, 0.3) is 6.08 Å². The Kier molecular flexibility index (Phi) is 4.91. The van der Waals surface area contributed by atoms with Crippen molar-refractivity contribution in [1.82, 2.24) is 9.78 Å². The number of hydrogen-bond acceptors (Lipinski definition) is 4. The van der Waals surface area contributed by atoms with Gasteiger partial charge in [0.05, 0.1) is 18.5 Å². The van der Waals surface area contributed by atoms with Gasteiger partial charge in [-0.05, 0) is 48.9 Å². The first-order valence-electron chi connectivity index (χ1n) is 7.59. The number of allylic oxidation sites excluding steroid dienone is 1. The third kappa shape index (κ3) is 3.81. The van der Waals surface area contributed by atoms with E-state index in [2.05, 4.69) is 5.10 Å². The quantitative estimate of drug-likeness (QED) is 0.500. The second kappa shape index (κ2) is 7.27. The fraction of sp³-hybridized carbons (Fsp3) is 0.158. The lowest BCUT2D eigenvalue weighted by Gasteiger charge is -2.09. The predicted molar refractivity (Wildman–Crippen MR) is 96.7 cm³/mol. The molecule has 0 bridgehead atoms. The number of thiophene rings is 1. The second-order valence-electron chi connectivity index (χ2n) is 5.38. The molecule has 0 saturated carbocycles. The smallest absolute Gasteiger partial charge is 0.195 e. The van der Waals surface area contributed by atoms with Gasteiger partial charge in [-0.1, -0.05) is 12.1 Å². The number of ketones is 1. The highest BCUT2D eigenvalue weighted by Gasteiger charge is 2.07. The van der Waals surface area contributed by atoms with E-state index in [-0.39, 0.29) is 5.78 Å². The summed E-state index contributed by atoms with van der Waals surface area (Å²) in [5.41, 5.74) is 1.97. The van der Waals surface area contributed by atoms with Crippen molar-refractivity contribution in [2.75, 3.05) is 7.11 Å². The van der Waals surface area contributed by atoms with Crippen LogP contribution < -0.4 is 4.74 Å². The maximum Gasteiger partial charge on any atom is 0.195 e. The molecule has 24 heavy (non-hydrogen) atoms. The Labute approximate surface area is 145 Å². The Morgan fingerprint density at radius 1 is 1.33 bits per heavy atom. The SMILES string of the molecule is COc1ccc(/C=C\C(=O)c2ccc(C)s2)cc1Cn1cccn1. The standard InChI is InChI=1S/C19H18N2O2S/c1-14-4-9-19(24-14)17(22)7-5-15-6-8-18(23-2)16(12-15)13-21-11-3-10-20-21/h3-12H,13H2,1-2H3/b7-5-. The van der Waals surface area contributed by atoms with Crippen LogP contribution in [0.4, 0.5) is 0 Å². The molecule has 0 spiro atoms. The van der Waals surface area contributed by atoms with Crippen LogP contribution in [0, 0.1) is 6.92 Å². The summed E-state index contributed by atoms with van der Waals surface area (Å²) in [4.78, 5) is 14.1.